The third-order valence-electron chi connectivity index (χ3n) is 8.38. The monoisotopic (exact) mass is 620 g/mol. The van der Waals surface area contributed by atoms with Gasteiger partial charge in [-0.3, -0.25) is 4.79 Å². The van der Waals surface area contributed by atoms with Crippen molar-refractivity contribution in [2.24, 2.45) is 0 Å². The van der Waals surface area contributed by atoms with E-state index < -0.39 is 10.3 Å². The molecule has 44 heavy (non-hydrogen) atoms. The number of hydrogen-bond acceptors (Lipinski definition) is 9. The molecule has 232 valence electrons. The zero-order valence-electron chi connectivity index (χ0n) is 25.3. The highest BCUT2D eigenvalue weighted by atomic mass is 32.2. The van der Waals surface area contributed by atoms with Crippen LogP contribution in [0.5, 0.6) is 17.2 Å². The van der Waals surface area contributed by atoms with Gasteiger partial charge in [0.1, 0.15) is 5.52 Å². The summed E-state index contributed by atoms with van der Waals surface area (Å²) < 4.78 is 52.3. The molecule has 9 bridgehead atoms. The van der Waals surface area contributed by atoms with Crippen LogP contribution in [0.25, 0.3) is 11.0 Å². The summed E-state index contributed by atoms with van der Waals surface area (Å²) in [6.45, 7) is 7.30. The minimum Gasteiger partial charge on any atom is -0.493 e. The number of nitrogens with zero attached hydrogens (tertiary/aromatic N) is 4. The predicted molar refractivity (Wildman–Crippen MR) is 163 cm³/mol. The Morgan fingerprint density at radius 2 is 1.86 bits per heavy atom. The number of rotatable bonds is 4. The Morgan fingerprint density at radius 3 is 2.66 bits per heavy atom. The number of ether oxygens (including phenoxy) is 3. The summed E-state index contributed by atoms with van der Waals surface area (Å²) in [6, 6.07) is 13.3. The summed E-state index contributed by atoms with van der Waals surface area (Å²) in [5.74, 6) is 0.503. The van der Waals surface area contributed by atoms with E-state index in [2.05, 4.69) is 10.3 Å². The molecule has 1 aromatic heterocycles. The van der Waals surface area contributed by atoms with Crippen molar-refractivity contribution in [3.63, 3.8) is 0 Å². The second-order valence-corrected chi connectivity index (χ2v) is 12.7. The van der Waals surface area contributed by atoms with E-state index in [4.69, 9.17) is 18.4 Å². The van der Waals surface area contributed by atoms with Crippen LogP contribution in [0, 0.1) is 13.8 Å². The van der Waals surface area contributed by atoms with E-state index in [1.807, 2.05) is 48.9 Å². The van der Waals surface area contributed by atoms with E-state index in [0.29, 0.717) is 30.2 Å². The van der Waals surface area contributed by atoms with Crippen LogP contribution in [0.1, 0.15) is 65.5 Å². The van der Waals surface area contributed by atoms with E-state index in [0.717, 1.165) is 51.7 Å². The standard InChI is InChI=1S/C32H36N4O7S/c1-5-41-31(37)16-26-22-9-8-20(2)23(14-22)18-35-19-24-15-30(29(40-4)17-28(24)43-44(35,38)39)42-13-7-6-12-36-27-11-10-25(26)21(3)32(27)33-34-36/h8-11,14-15,17,26H,5-7,12-13,16,18-19H2,1-4H3. The molecule has 3 aliphatic rings. The van der Waals surface area contributed by atoms with Gasteiger partial charge in [-0.25, -0.2) is 4.68 Å². The lowest BCUT2D eigenvalue weighted by molar-refractivity contribution is -0.143. The zero-order valence-corrected chi connectivity index (χ0v) is 26.1. The van der Waals surface area contributed by atoms with E-state index in [1.54, 1.807) is 19.1 Å². The number of carbonyl (C=O) groups excluding carboxylic acids is 1. The third kappa shape index (κ3) is 5.71. The van der Waals surface area contributed by atoms with Gasteiger partial charge < -0.3 is 18.4 Å². The predicted octanol–water partition coefficient (Wildman–Crippen LogP) is 4.95. The van der Waals surface area contributed by atoms with Gasteiger partial charge in [-0.05, 0) is 73.6 Å². The van der Waals surface area contributed by atoms with Crippen LogP contribution in [0.15, 0.2) is 42.5 Å². The largest absolute Gasteiger partial charge is 0.493 e. The topological polar surface area (TPSA) is 122 Å². The normalized spacial score (nSPS) is 19.4. The average molecular weight is 621 g/mol. The molecule has 12 heteroatoms. The van der Waals surface area contributed by atoms with Gasteiger partial charge in [0.15, 0.2) is 17.2 Å². The highest BCUT2D eigenvalue weighted by Gasteiger charge is 2.34. The number of aromatic nitrogens is 3. The maximum Gasteiger partial charge on any atom is 0.385 e. The van der Waals surface area contributed by atoms with Gasteiger partial charge in [-0.15, -0.1) is 5.10 Å². The van der Waals surface area contributed by atoms with Crippen molar-refractivity contribution in [1.29, 1.82) is 0 Å². The van der Waals surface area contributed by atoms with Gasteiger partial charge in [-0.1, -0.05) is 29.5 Å². The molecule has 0 spiro atoms. The zero-order chi connectivity index (χ0) is 31.0. The second kappa shape index (κ2) is 12.1. The SMILES string of the molecule is CCOC(=O)CC1c2ccc(C)c(c2)CN2Cc3cc(c(OC)cc3OS2(=O)=O)OCCCCn2nnc3c(C)c1ccc32. The van der Waals surface area contributed by atoms with E-state index in [1.165, 1.54) is 11.4 Å². The number of benzene rings is 3. The molecule has 0 amide bonds. The van der Waals surface area contributed by atoms with Crippen molar-refractivity contribution < 1.29 is 31.6 Å². The molecule has 11 nitrogen and oxygen atoms in total. The lowest BCUT2D eigenvalue weighted by Crippen LogP contribution is -2.37. The van der Waals surface area contributed by atoms with Gasteiger partial charge in [0.05, 0.1) is 32.3 Å². The van der Waals surface area contributed by atoms with Crippen molar-refractivity contribution >= 4 is 27.3 Å². The molecule has 0 saturated carbocycles. The Morgan fingerprint density at radius 1 is 1.05 bits per heavy atom. The fraction of sp³-hybridized carbons (Fsp3) is 0.406. The molecule has 0 saturated heterocycles. The van der Waals surface area contributed by atoms with Crippen molar-refractivity contribution in [1.82, 2.24) is 19.3 Å². The molecule has 2 unspecified atom stereocenters. The lowest BCUT2D eigenvalue weighted by Gasteiger charge is -2.29. The van der Waals surface area contributed by atoms with E-state index >= 15 is 0 Å². The van der Waals surface area contributed by atoms with Crippen molar-refractivity contribution in [2.75, 3.05) is 20.3 Å². The van der Waals surface area contributed by atoms with Gasteiger partial charge in [-0.2, -0.15) is 12.7 Å². The molecule has 0 radical (unpaired) electrons. The smallest absolute Gasteiger partial charge is 0.385 e. The van der Waals surface area contributed by atoms with Gasteiger partial charge in [0.25, 0.3) is 0 Å². The Balaban J connectivity index is 1.47. The van der Waals surface area contributed by atoms with Crippen LogP contribution >= 0.6 is 0 Å². The number of hydrogen-bond donors (Lipinski definition) is 0. The van der Waals surface area contributed by atoms with Gasteiger partial charge in [0, 0.05) is 37.2 Å². The minimum atomic E-state index is -4.10. The molecule has 4 heterocycles. The fourth-order valence-corrected chi connectivity index (χ4v) is 7.04. The molecule has 4 aromatic rings. The summed E-state index contributed by atoms with van der Waals surface area (Å²) >= 11 is 0. The van der Waals surface area contributed by atoms with Crippen LogP contribution in [0.4, 0.5) is 0 Å². The number of esters is 1. The van der Waals surface area contributed by atoms with Crippen LogP contribution in [0.3, 0.4) is 0 Å². The van der Waals surface area contributed by atoms with Crippen molar-refractivity contribution in [2.45, 2.75) is 65.6 Å². The molecular weight excluding hydrogens is 584 g/mol. The highest BCUT2D eigenvalue weighted by molar-refractivity contribution is 7.84. The highest BCUT2D eigenvalue weighted by Crippen LogP contribution is 2.40. The first kappa shape index (κ1) is 29.9. The molecule has 0 aliphatic carbocycles. The first-order valence-corrected chi connectivity index (χ1v) is 16.2. The Labute approximate surface area is 256 Å². The van der Waals surface area contributed by atoms with Crippen LogP contribution in [-0.4, -0.2) is 54.0 Å². The van der Waals surface area contributed by atoms with Crippen LogP contribution < -0.4 is 13.7 Å². The first-order valence-electron chi connectivity index (χ1n) is 14.8. The lowest BCUT2D eigenvalue weighted by atomic mass is 9.84. The van der Waals surface area contributed by atoms with E-state index in [9.17, 15) is 13.2 Å². The molecule has 3 aromatic carbocycles. The van der Waals surface area contributed by atoms with Crippen LogP contribution in [0.2, 0.25) is 0 Å². The third-order valence-corrected chi connectivity index (χ3v) is 9.66. The summed E-state index contributed by atoms with van der Waals surface area (Å²) in [7, 11) is -2.58. The Hall–Kier alpha value is -4.16. The Kier molecular flexibility index (Phi) is 8.21. The van der Waals surface area contributed by atoms with Crippen molar-refractivity contribution in [3.8, 4) is 17.2 Å². The first-order chi connectivity index (χ1) is 21.2. The Bertz CT molecular complexity index is 1840. The molecule has 7 rings (SSSR count). The average Bonchev–Trinajstić information content (AvgIpc) is 3.41. The van der Waals surface area contributed by atoms with E-state index in [-0.39, 0.29) is 43.8 Å². The molecule has 0 N–H and O–H groups in total. The summed E-state index contributed by atoms with van der Waals surface area (Å²) in [5, 5.41) is 8.95. The molecule has 2 atom stereocenters. The van der Waals surface area contributed by atoms with Crippen molar-refractivity contribution in [3.05, 3.63) is 75.8 Å². The number of fused-ring (bicyclic) bond motifs is 5. The summed E-state index contributed by atoms with van der Waals surface area (Å²) in [4.78, 5) is 12.9. The minimum absolute atomic E-state index is 0.0855. The maximum atomic E-state index is 13.3. The number of aryl methyl sites for hydroxylation is 3. The van der Waals surface area contributed by atoms with Gasteiger partial charge >= 0.3 is 16.3 Å². The molecular formula is C32H36N4O7S. The van der Waals surface area contributed by atoms with Gasteiger partial charge in [0.2, 0.25) is 0 Å². The second-order valence-electron chi connectivity index (χ2n) is 11.2. The number of methoxy groups -OCH3 is 1. The molecule has 0 fully saturated rings. The quantitative estimate of drug-likeness (QED) is 0.292. The summed E-state index contributed by atoms with van der Waals surface area (Å²) in [6.07, 6.45) is 1.68. The fourth-order valence-electron chi connectivity index (χ4n) is 5.96. The molecule has 3 aliphatic heterocycles. The summed E-state index contributed by atoms with van der Waals surface area (Å²) in [5.41, 5.74) is 6.86. The maximum absolute atomic E-state index is 13.3. The number of carbonyl (C=O) groups is 1. The van der Waals surface area contributed by atoms with Crippen LogP contribution in [-0.2, 0) is 39.5 Å².